The van der Waals surface area contributed by atoms with Crippen molar-refractivity contribution in [3.63, 3.8) is 0 Å². The number of halogens is 1. The van der Waals surface area contributed by atoms with E-state index >= 15 is 0 Å². The maximum absolute atomic E-state index is 14.0. The monoisotopic (exact) mass is 453 g/mol. The first kappa shape index (κ1) is 21.1. The van der Waals surface area contributed by atoms with Crippen LogP contribution in [0.1, 0.15) is 18.2 Å². The van der Waals surface area contributed by atoms with Crippen LogP contribution in [0.4, 0.5) is 10.1 Å². The Morgan fingerprint density at radius 2 is 1.93 bits per heavy atom. The number of aromatic nitrogens is 3. The van der Waals surface area contributed by atoms with Crippen molar-refractivity contribution in [3.8, 4) is 0 Å². The summed E-state index contributed by atoms with van der Waals surface area (Å²) in [5.74, 6) is 0.795. The number of para-hydroxylation sites is 1. The van der Waals surface area contributed by atoms with Gasteiger partial charge >= 0.3 is 0 Å². The van der Waals surface area contributed by atoms with Crippen LogP contribution in [0.5, 0.6) is 0 Å². The third-order valence-corrected chi connectivity index (χ3v) is 8.39. The molecular formula is C19H24FN5O3S2. The number of rotatable bonds is 5. The van der Waals surface area contributed by atoms with Crippen molar-refractivity contribution in [1.82, 2.24) is 19.7 Å². The minimum absolute atomic E-state index is 0.00109. The van der Waals surface area contributed by atoms with E-state index in [1.54, 1.807) is 28.6 Å². The van der Waals surface area contributed by atoms with Gasteiger partial charge in [-0.3, -0.25) is 4.79 Å². The fourth-order valence-electron chi connectivity index (χ4n) is 3.93. The molecule has 0 spiro atoms. The van der Waals surface area contributed by atoms with Crippen molar-refractivity contribution in [2.75, 3.05) is 48.3 Å². The van der Waals surface area contributed by atoms with Gasteiger partial charge in [-0.15, -0.1) is 10.2 Å². The number of carbonyl (C=O) groups excluding carboxylic acids is 1. The first-order valence-corrected chi connectivity index (χ1v) is 12.6. The van der Waals surface area contributed by atoms with Gasteiger partial charge in [0.25, 0.3) is 0 Å². The van der Waals surface area contributed by atoms with Crippen molar-refractivity contribution in [3.05, 3.63) is 35.9 Å². The molecule has 0 saturated carbocycles. The van der Waals surface area contributed by atoms with E-state index < -0.39 is 9.84 Å². The second-order valence-electron chi connectivity index (χ2n) is 7.61. The van der Waals surface area contributed by atoms with E-state index in [1.807, 2.05) is 11.0 Å². The molecule has 2 fully saturated rings. The average Bonchev–Trinajstić information content (AvgIpc) is 3.28. The quantitative estimate of drug-likeness (QED) is 0.631. The van der Waals surface area contributed by atoms with E-state index in [0.717, 1.165) is 0 Å². The van der Waals surface area contributed by atoms with E-state index in [9.17, 15) is 17.6 Å². The summed E-state index contributed by atoms with van der Waals surface area (Å²) in [4.78, 5) is 16.4. The number of hydrogen-bond donors (Lipinski definition) is 0. The van der Waals surface area contributed by atoms with Gasteiger partial charge in [0.2, 0.25) is 5.91 Å². The van der Waals surface area contributed by atoms with Crippen molar-refractivity contribution in [1.29, 1.82) is 0 Å². The van der Waals surface area contributed by atoms with Crippen molar-refractivity contribution >= 4 is 33.2 Å². The molecule has 1 aromatic heterocycles. The van der Waals surface area contributed by atoms with Crippen LogP contribution >= 0.6 is 11.8 Å². The smallest absolute Gasteiger partial charge is 0.233 e. The van der Waals surface area contributed by atoms with Crippen LogP contribution in [0.25, 0.3) is 0 Å². The molecule has 0 N–H and O–H groups in total. The second kappa shape index (κ2) is 8.54. The van der Waals surface area contributed by atoms with Crippen LogP contribution in [-0.2, 0) is 21.7 Å². The minimum Gasteiger partial charge on any atom is -0.366 e. The maximum Gasteiger partial charge on any atom is 0.233 e. The number of anilines is 1. The van der Waals surface area contributed by atoms with Crippen LogP contribution < -0.4 is 4.90 Å². The number of benzene rings is 1. The highest BCUT2D eigenvalue weighted by atomic mass is 32.2. The summed E-state index contributed by atoms with van der Waals surface area (Å²) in [6.45, 7) is 2.25. The molecule has 162 valence electrons. The fourth-order valence-corrected chi connectivity index (χ4v) is 6.49. The van der Waals surface area contributed by atoms with Gasteiger partial charge in [-0.25, -0.2) is 12.8 Å². The lowest BCUT2D eigenvalue weighted by Crippen LogP contribution is -2.49. The summed E-state index contributed by atoms with van der Waals surface area (Å²) in [5, 5.41) is 8.92. The lowest BCUT2D eigenvalue weighted by molar-refractivity contribution is -0.128. The van der Waals surface area contributed by atoms with Crippen molar-refractivity contribution in [2.45, 2.75) is 17.5 Å². The van der Waals surface area contributed by atoms with Gasteiger partial charge in [0.1, 0.15) is 11.6 Å². The third-order valence-electron chi connectivity index (χ3n) is 5.62. The Morgan fingerprint density at radius 1 is 1.20 bits per heavy atom. The van der Waals surface area contributed by atoms with Crippen molar-refractivity contribution < 1.29 is 17.6 Å². The van der Waals surface area contributed by atoms with Crippen molar-refractivity contribution in [2.24, 2.45) is 7.05 Å². The largest absolute Gasteiger partial charge is 0.366 e. The predicted octanol–water partition coefficient (Wildman–Crippen LogP) is 1.30. The summed E-state index contributed by atoms with van der Waals surface area (Å²) in [7, 11) is -1.19. The molecule has 30 heavy (non-hydrogen) atoms. The maximum atomic E-state index is 14.0. The van der Waals surface area contributed by atoms with Crippen LogP contribution in [0, 0.1) is 5.82 Å². The van der Waals surface area contributed by atoms with E-state index in [1.165, 1.54) is 17.8 Å². The summed E-state index contributed by atoms with van der Waals surface area (Å²) in [6.07, 6.45) is 0.560. The lowest BCUT2D eigenvalue weighted by Gasteiger charge is -2.36. The number of nitrogens with zero attached hydrogens (tertiary/aromatic N) is 5. The molecule has 11 heteroatoms. The summed E-state index contributed by atoms with van der Waals surface area (Å²) < 4.78 is 39.2. The molecule has 0 radical (unpaired) electrons. The average molecular weight is 454 g/mol. The summed E-state index contributed by atoms with van der Waals surface area (Å²) >= 11 is 1.30. The zero-order chi connectivity index (χ0) is 21.3. The Bertz CT molecular complexity index is 1030. The van der Waals surface area contributed by atoms with E-state index in [0.29, 0.717) is 49.3 Å². The van der Waals surface area contributed by atoms with Gasteiger partial charge in [-0.1, -0.05) is 23.9 Å². The van der Waals surface area contributed by atoms with Crippen LogP contribution in [-0.4, -0.2) is 77.4 Å². The molecular weight excluding hydrogens is 429 g/mol. The number of piperazine rings is 1. The Labute approximate surface area is 179 Å². The molecule has 1 aromatic carbocycles. The minimum atomic E-state index is -2.99. The first-order valence-electron chi connectivity index (χ1n) is 9.84. The summed E-state index contributed by atoms with van der Waals surface area (Å²) in [5.41, 5.74) is 0.569. The number of thioether (sulfide) groups is 1. The van der Waals surface area contributed by atoms with Gasteiger partial charge in [0, 0.05) is 39.1 Å². The van der Waals surface area contributed by atoms with Crippen LogP contribution in [0.15, 0.2) is 29.4 Å². The molecule has 3 heterocycles. The molecule has 1 atom stereocenters. The van der Waals surface area contributed by atoms with E-state index in [-0.39, 0.29) is 34.9 Å². The van der Waals surface area contributed by atoms with Gasteiger partial charge in [-0.05, 0) is 18.6 Å². The van der Waals surface area contributed by atoms with Gasteiger partial charge in [-0.2, -0.15) is 0 Å². The zero-order valence-electron chi connectivity index (χ0n) is 16.7. The van der Waals surface area contributed by atoms with Gasteiger partial charge in [0.05, 0.1) is 22.9 Å². The molecule has 4 rings (SSSR count). The SMILES string of the molecule is Cn1c(SCC(=O)N2CCN(c3ccccc3F)CC2)nnc1[C@H]1CCS(=O)(=O)C1. The molecule has 2 saturated heterocycles. The molecule has 2 aliphatic rings. The van der Waals surface area contributed by atoms with Gasteiger partial charge in [0.15, 0.2) is 15.0 Å². The molecule has 0 aliphatic carbocycles. The Balaban J connectivity index is 1.30. The highest BCUT2D eigenvalue weighted by molar-refractivity contribution is 7.99. The number of hydrogen-bond acceptors (Lipinski definition) is 7. The molecule has 8 nitrogen and oxygen atoms in total. The Kier molecular flexibility index (Phi) is 6.01. The third kappa shape index (κ3) is 4.46. The zero-order valence-corrected chi connectivity index (χ0v) is 18.3. The number of carbonyl (C=O) groups is 1. The summed E-state index contributed by atoms with van der Waals surface area (Å²) in [6, 6.07) is 6.67. The molecule has 2 aliphatic heterocycles. The Morgan fingerprint density at radius 3 is 2.60 bits per heavy atom. The molecule has 0 bridgehead atoms. The second-order valence-corrected chi connectivity index (χ2v) is 10.8. The molecule has 2 aromatic rings. The van der Waals surface area contributed by atoms with E-state index in [4.69, 9.17) is 0 Å². The normalized spacial score (nSPS) is 21.2. The molecule has 1 amide bonds. The molecule has 0 unspecified atom stereocenters. The number of sulfone groups is 1. The van der Waals surface area contributed by atoms with Crippen LogP contribution in [0.2, 0.25) is 0 Å². The topological polar surface area (TPSA) is 88.4 Å². The number of amides is 1. The standard InChI is InChI=1S/C19H24FN5O3S2/c1-23-18(14-6-11-30(27,28)13-14)21-22-19(23)29-12-17(26)25-9-7-24(8-10-25)16-5-3-2-4-15(16)20/h2-5,14H,6-13H2,1H3/t14-/m0/s1. The highest BCUT2D eigenvalue weighted by Crippen LogP contribution is 2.29. The Hall–Kier alpha value is -2.14. The van der Waals surface area contributed by atoms with Crippen LogP contribution in [0.3, 0.4) is 0 Å². The van der Waals surface area contributed by atoms with Gasteiger partial charge < -0.3 is 14.4 Å². The lowest BCUT2D eigenvalue weighted by atomic mass is 10.1. The fraction of sp³-hybridized carbons (Fsp3) is 0.526. The van der Waals surface area contributed by atoms with E-state index in [2.05, 4.69) is 10.2 Å². The first-order chi connectivity index (χ1) is 14.3. The highest BCUT2D eigenvalue weighted by Gasteiger charge is 2.32. The predicted molar refractivity (Wildman–Crippen MR) is 113 cm³/mol.